The molecule has 0 bridgehead atoms. The van der Waals surface area contributed by atoms with E-state index in [0.717, 1.165) is 21.9 Å². The van der Waals surface area contributed by atoms with E-state index in [-0.39, 0.29) is 18.0 Å². The summed E-state index contributed by atoms with van der Waals surface area (Å²) in [4.78, 5) is 26.4. The van der Waals surface area contributed by atoms with Crippen molar-refractivity contribution in [1.29, 1.82) is 0 Å². The third-order valence-electron chi connectivity index (χ3n) is 4.24. The van der Waals surface area contributed by atoms with E-state index in [2.05, 4.69) is 15.3 Å². The molecular formula is C21H18N4O3. The highest BCUT2D eigenvalue weighted by atomic mass is 16.7. The van der Waals surface area contributed by atoms with Crippen LogP contribution in [-0.4, -0.2) is 19.8 Å². The second-order valence-corrected chi connectivity index (χ2v) is 6.18. The Morgan fingerprint density at radius 2 is 1.64 bits per heavy atom. The molecule has 4 aromatic rings. The third kappa shape index (κ3) is 3.64. The third-order valence-corrected chi connectivity index (χ3v) is 4.24. The zero-order valence-electron chi connectivity index (χ0n) is 14.9. The summed E-state index contributed by atoms with van der Waals surface area (Å²) >= 11 is 0. The average Bonchev–Trinajstić information content (AvgIpc) is 2.73. The van der Waals surface area contributed by atoms with Gasteiger partial charge in [0, 0.05) is 12.6 Å². The lowest BCUT2D eigenvalue weighted by Gasteiger charge is -2.14. The highest BCUT2D eigenvalue weighted by molar-refractivity contribution is 5.91. The van der Waals surface area contributed by atoms with E-state index in [1.165, 1.54) is 6.33 Å². The van der Waals surface area contributed by atoms with Crippen molar-refractivity contribution < 1.29 is 9.94 Å². The van der Waals surface area contributed by atoms with Crippen molar-refractivity contribution in [3.8, 4) is 5.75 Å². The van der Waals surface area contributed by atoms with Gasteiger partial charge in [-0.05, 0) is 11.1 Å². The fourth-order valence-electron chi connectivity index (χ4n) is 2.87. The highest BCUT2D eigenvalue weighted by Crippen LogP contribution is 2.27. The normalized spacial score (nSPS) is 10.7. The first kappa shape index (κ1) is 17.5. The molecule has 2 heterocycles. The second kappa shape index (κ2) is 7.79. The molecule has 0 atom stereocenters. The summed E-state index contributed by atoms with van der Waals surface area (Å²) < 4.78 is 1.08. The summed E-state index contributed by atoms with van der Waals surface area (Å²) in [6, 6.07) is 20.4. The number of nitrogens with one attached hydrogen (secondary N) is 1. The van der Waals surface area contributed by atoms with Gasteiger partial charge in [-0.3, -0.25) is 4.79 Å². The van der Waals surface area contributed by atoms with E-state index < -0.39 is 5.56 Å². The maximum absolute atomic E-state index is 12.4. The van der Waals surface area contributed by atoms with Gasteiger partial charge in [-0.25, -0.2) is 9.97 Å². The van der Waals surface area contributed by atoms with Crippen molar-refractivity contribution in [2.45, 2.75) is 13.2 Å². The summed E-state index contributed by atoms with van der Waals surface area (Å²) in [5.74, 6) is 0.221. The van der Waals surface area contributed by atoms with Crippen LogP contribution in [0.1, 0.15) is 11.1 Å². The number of nitrogens with zero attached hydrogens (tertiary/aromatic N) is 3. The van der Waals surface area contributed by atoms with E-state index in [4.69, 9.17) is 4.84 Å². The van der Waals surface area contributed by atoms with Crippen molar-refractivity contribution in [2.24, 2.45) is 0 Å². The fraction of sp³-hybridized carbons (Fsp3) is 0.0952. The molecule has 7 nitrogen and oxygen atoms in total. The summed E-state index contributed by atoms with van der Waals surface area (Å²) in [6.45, 7) is 0.702. The zero-order valence-corrected chi connectivity index (χ0v) is 14.9. The predicted molar refractivity (Wildman–Crippen MR) is 106 cm³/mol. The summed E-state index contributed by atoms with van der Waals surface area (Å²) in [5, 5.41) is 13.9. The van der Waals surface area contributed by atoms with Crippen LogP contribution in [0.25, 0.3) is 11.0 Å². The Labute approximate surface area is 160 Å². The molecule has 0 aliphatic heterocycles. The number of pyridine rings is 1. The SMILES string of the molecule is O=c1cc(O)c2c(NCc3ccccc3)ncnc2n1OCc1ccccc1. The number of anilines is 1. The molecule has 0 aliphatic carbocycles. The minimum absolute atomic E-state index is 0.192. The van der Waals surface area contributed by atoms with Gasteiger partial charge in [0.15, 0.2) is 5.65 Å². The van der Waals surface area contributed by atoms with Gasteiger partial charge in [0.1, 0.15) is 29.9 Å². The van der Waals surface area contributed by atoms with E-state index in [9.17, 15) is 9.90 Å². The van der Waals surface area contributed by atoms with E-state index >= 15 is 0 Å². The number of aromatic hydroxyl groups is 1. The monoisotopic (exact) mass is 374 g/mol. The van der Waals surface area contributed by atoms with Gasteiger partial charge >= 0.3 is 0 Å². The number of fused-ring (bicyclic) bond motifs is 1. The van der Waals surface area contributed by atoms with Crippen molar-refractivity contribution in [2.75, 3.05) is 5.32 Å². The molecule has 0 fully saturated rings. The first-order valence-electron chi connectivity index (χ1n) is 8.77. The number of hydrogen-bond donors (Lipinski definition) is 2. The maximum Gasteiger partial charge on any atom is 0.288 e. The lowest BCUT2D eigenvalue weighted by Crippen LogP contribution is -2.27. The van der Waals surface area contributed by atoms with Gasteiger partial charge in [-0.15, -0.1) is 4.73 Å². The topological polar surface area (TPSA) is 89.3 Å². The quantitative estimate of drug-likeness (QED) is 0.539. The van der Waals surface area contributed by atoms with Gasteiger partial charge in [0.2, 0.25) is 0 Å². The van der Waals surface area contributed by atoms with Crippen molar-refractivity contribution in [3.63, 3.8) is 0 Å². The lowest BCUT2D eigenvalue weighted by atomic mass is 10.2. The van der Waals surface area contributed by atoms with E-state index in [1.807, 2.05) is 60.7 Å². The van der Waals surface area contributed by atoms with Crippen LogP contribution in [0.5, 0.6) is 5.75 Å². The van der Waals surface area contributed by atoms with Crippen LogP contribution in [0.3, 0.4) is 0 Å². The molecule has 28 heavy (non-hydrogen) atoms. The lowest BCUT2D eigenvalue weighted by molar-refractivity contribution is 0.0976. The molecule has 2 aromatic carbocycles. The molecule has 0 saturated heterocycles. The van der Waals surface area contributed by atoms with E-state index in [0.29, 0.717) is 17.7 Å². The molecular weight excluding hydrogens is 356 g/mol. The molecule has 2 N–H and O–H groups in total. The Hall–Kier alpha value is -3.87. The average molecular weight is 374 g/mol. The molecule has 0 radical (unpaired) electrons. The molecule has 0 amide bonds. The number of hydrogen-bond acceptors (Lipinski definition) is 6. The largest absolute Gasteiger partial charge is 0.507 e. The Bertz CT molecular complexity index is 1140. The van der Waals surface area contributed by atoms with Crippen LogP contribution >= 0.6 is 0 Å². The molecule has 0 spiro atoms. The van der Waals surface area contributed by atoms with Crippen molar-refractivity contribution in [3.05, 3.63) is 94.5 Å². The Balaban J connectivity index is 1.68. The molecule has 2 aromatic heterocycles. The minimum Gasteiger partial charge on any atom is -0.507 e. The van der Waals surface area contributed by atoms with Gasteiger partial charge < -0.3 is 15.3 Å². The molecule has 7 heteroatoms. The molecule has 140 valence electrons. The van der Waals surface area contributed by atoms with Gasteiger partial charge in [-0.2, -0.15) is 0 Å². The van der Waals surface area contributed by atoms with Gasteiger partial charge in [0.25, 0.3) is 5.56 Å². The van der Waals surface area contributed by atoms with Crippen LogP contribution in [-0.2, 0) is 13.2 Å². The van der Waals surface area contributed by atoms with Crippen LogP contribution in [0.15, 0.2) is 77.9 Å². The van der Waals surface area contributed by atoms with Crippen molar-refractivity contribution in [1.82, 2.24) is 14.7 Å². The smallest absolute Gasteiger partial charge is 0.288 e. The second-order valence-electron chi connectivity index (χ2n) is 6.18. The number of benzene rings is 2. The Morgan fingerprint density at radius 3 is 2.36 bits per heavy atom. The van der Waals surface area contributed by atoms with Crippen LogP contribution in [0, 0.1) is 0 Å². The van der Waals surface area contributed by atoms with Crippen LogP contribution in [0.2, 0.25) is 0 Å². The summed E-state index contributed by atoms with van der Waals surface area (Å²) in [5.41, 5.74) is 1.66. The van der Waals surface area contributed by atoms with Crippen LogP contribution < -0.4 is 15.7 Å². The molecule has 0 unspecified atom stereocenters. The van der Waals surface area contributed by atoms with Crippen LogP contribution in [0.4, 0.5) is 5.82 Å². The number of rotatable bonds is 6. The van der Waals surface area contributed by atoms with Gasteiger partial charge in [-0.1, -0.05) is 60.7 Å². The standard InChI is InChI=1S/C21H18N4O3/c26-17-11-18(27)25(28-13-16-9-5-2-6-10-16)21-19(17)20(23-14-24-21)22-12-15-7-3-1-4-8-15/h1-11,14,26H,12-13H2,(H,22,23,24). The Kier molecular flexibility index (Phi) is 4.88. The van der Waals surface area contributed by atoms with E-state index in [1.54, 1.807) is 0 Å². The zero-order chi connectivity index (χ0) is 19.3. The summed E-state index contributed by atoms with van der Waals surface area (Å²) in [7, 11) is 0. The predicted octanol–water partition coefficient (Wildman–Crippen LogP) is 2.74. The molecule has 0 saturated carbocycles. The fourth-order valence-corrected chi connectivity index (χ4v) is 2.87. The first-order chi connectivity index (χ1) is 13.7. The molecule has 4 rings (SSSR count). The highest BCUT2D eigenvalue weighted by Gasteiger charge is 2.15. The van der Waals surface area contributed by atoms with Crippen molar-refractivity contribution >= 4 is 16.9 Å². The summed E-state index contributed by atoms with van der Waals surface area (Å²) in [6.07, 6.45) is 1.33. The maximum atomic E-state index is 12.4. The Morgan fingerprint density at radius 1 is 0.964 bits per heavy atom. The minimum atomic E-state index is -0.506. The molecule has 0 aliphatic rings. The van der Waals surface area contributed by atoms with Gasteiger partial charge in [0.05, 0.1) is 0 Å². The number of aromatic nitrogens is 3. The first-order valence-corrected chi connectivity index (χ1v) is 8.77.